The summed E-state index contributed by atoms with van der Waals surface area (Å²) in [4.78, 5) is 11.0. The van der Waals surface area contributed by atoms with Gasteiger partial charge in [-0.25, -0.2) is 0 Å². The Bertz CT molecular complexity index is 238. The zero-order valence-corrected chi connectivity index (χ0v) is 11.0. The lowest BCUT2D eigenvalue weighted by atomic mass is 9.70. The number of esters is 1. The number of hydrogen-bond acceptors (Lipinski definition) is 3. The predicted octanol–water partition coefficient (Wildman–Crippen LogP) is 2.35. The molecule has 0 aromatic heterocycles. The maximum atomic E-state index is 11.0. The summed E-state index contributed by atoms with van der Waals surface area (Å²) in [6.45, 7) is 7.71. The van der Waals surface area contributed by atoms with E-state index in [4.69, 9.17) is 0 Å². The molecule has 0 heterocycles. The van der Waals surface area contributed by atoms with Crippen LogP contribution in [0, 0.1) is 11.3 Å². The Morgan fingerprint density at radius 2 is 2.12 bits per heavy atom. The topological polar surface area (TPSA) is 38.3 Å². The van der Waals surface area contributed by atoms with Crippen LogP contribution in [0.25, 0.3) is 0 Å². The Morgan fingerprint density at radius 1 is 1.44 bits per heavy atom. The first-order valence-electron chi connectivity index (χ1n) is 6.23. The fourth-order valence-corrected chi connectivity index (χ4v) is 2.98. The predicted molar refractivity (Wildman–Crippen MR) is 65.2 cm³/mol. The Kier molecular flexibility index (Phi) is 4.78. The van der Waals surface area contributed by atoms with Gasteiger partial charge < -0.3 is 10.1 Å². The third kappa shape index (κ3) is 4.52. The number of hydrogen-bond donors (Lipinski definition) is 1. The minimum atomic E-state index is -0.129. The van der Waals surface area contributed by atoms with Crippen molar-refractivity contribution >= 4 is 5.97 Å². The van der Waals surface area contributed by atoms with Gasteiger partial charge in [-0.1, -0.05) is 20.8 Å². The number of ether oxygens (including phenoxy) is 1. The third-order valence-corrected chi connectivity index (χ3v) is 3.38. The lowest BCUT2D eigenvalue weighted by Crippen LogP contribution is -2.40. The molecular formula is C13H25NO2. The molecule has 2 unspecified atom stereocenters. The van der Waals surface area contributed by atoms with Crippen LogP contribution in [0.1, 0.15) is 46.5 Å². The van der Waals surface area contributed by atoms with Gasteiger partial charge in [-0.2, -0.15) is 0 Å². The molecule has 94 valence electrons. The van der Waals surface area contributed by atoms with E-state index in [0.29, 0.717) is 17.9 Å². The van der Waals surface area contributed by atoms with Crippen molar-refractivity contribution in [2.75, 3.05) is 13.7 Å². The highest BCUT2D eigenvalue weighted by atomic mass is 16.5. The summed E-state index contributed by atoms with van der Waals surface area (Å²) in [5.74, 6) is 0.648. The van der Waals surface area contributed by atoms with Crippen LogP contribution in [-0.2, 0) is 9.53 Å². The van der Waals surface area contributed by atoms with Crippen LogP contribution < -0.4 is 5.32 Å². The summed E-state index contributed by atoms with van der Waals surface area (Å²) in [6.07, 6.45) is 4.22. The van der Waals surface area contributed by atoms with E-state index in [2.05, 4.69) is 30.8 Å². The van der Waals surface area contributed by atoms with Gasteiger partial charge in [0.2, 0.25) is 0 Å². The van der Waals surface area contributed by atoms with Crippen molar-refractivity contribution in [3.05, 3.63) is 0 Å². The molecule has 1 N–H and O–H groups in total. The summed E-state index contributed by atoms with van der Waals surface area (Å²) in [6, 6.07) is 0.559. The zero-order chi connectivity index (χ0) is 12.2. The highest BCUT2D eigenvalue weighted by molar-refractivity contribution is 5.69. The molecule has 0 aromatic rings. The van der Waals surface area contributed by atoms with Crippen LogP contribution in [0.3, 0.4) is 0 Å². The Balaban J connectivity index is 2.29. The van der Waals surface area contributed by atoms with Crippen molar-refractivity contribution in [3.8, 4) is 0 Å². The van der Waals surface area contributed by atoms with E-state index in [-0.39, 0.29) is 5.97 Å². The standard InChI is InChI=1S/C13H25NO2/c1-10-7-11(9-13(2,3)8-10)14-6-5-12(15)16-4/h10-11,14H,5-9H2,1-4H3. The molecule has 0 aromatic carbocycles. The molecule has 2 atom stereocenters. The van der Waals surface area contributed by atoms with Gasteiger partial charge in [-0.05, 0) is 30.6 Å². The van der Waals surface area contributed by atoms with Crippen LogP contribution in [0.5, 0.6) is 0 Å². The number of nitrogens with one attached hydrogen (secondary N) is 1. The monoisotopic (exact) mass is 227 g/mol. The summed E-state index contributed by atoms with van der Waals surface area (Å²) in [5, 5.41) is 3.47. The quantitative estimate of drug-likeness (QED) is 0.749. The summed E-state index contributed by atoms with van der Waals surface area (Å²) >= 11 is 0. The average molecular weight is 227 g/mol. The largest absolute Gasteiger partial charge is 0.469 e. The molecule has 3 heteroatoms. The van der Waals surface area contributed by atoms with Gasteiger partial charge in [-0.3, -0.25) is 4.79 Å². The van der Waals surface area contributed by atoms with Gasteiger partial charge in [0.15, 0.2) is 0 Å². The molecule has 1 rings (SSSR count). The lowest BCUT2D eigenvalue weighted by molar-refractivity contribution is -0.140. The van der Waals surface area contributed by atoms with Crippen molar-refractivity contribution in [2.24, 2.45) is 11.3 Å². The van der Waals surface area contributed by atoms with Crippen molar-refractivity contribution in [2.45, 2.75) is 52.5 Å². The average Bonchev–Trinajstić information content (AvgIpc) is 2.14. The Hall–Kier alpha value is -0.570. The first-order chi connectivity index (χ1) is 7.43. The van der Waals surface area contributed by atoms with Crippen molar-refractivity contribution in [1.82, 2.24) is 5.32 Å². The maximum Gasteiger partial charge on any atom is 0.306 e. The molecular weight excluding hydrogens is 202 g/mol. The molecule has 16 heavy (non-hydrogen) atoms. The number of methoxy groups -OCH3 is 1. The third-order valence-electron chi connectivity index (χ3n) is 3.38. The van der Waals surface area contributed by atoms with Gasteiger partial charge in [-0.15, -0.1) is 0 Å². The summed E-state index contributed by atoms with van der Waals surface area (Å²) < 4.78 is 4.62. The Labute approximate surface area is 98.9 Å². The molecule has 1 aliphatic carbocycles. The van der Waals surface area contributed by atoms with E-state index >= 15 is 0 Å². The van der Waals surface area contributed by atoms with Crippen molar-refractivity contribution in [1.29, 1.82) is 0 Å². The van der Waals surface area contributed by atoms with Crippen LogP contribution in [0.2, 0.25) is 0 Å². The normalized spacial score (nSPS) is 28.8. The SMILES string of the molecule is COC(=O)CCNC1CC(C)CC(C)(C)C1. The van der Waals surface area contributed by atoms with Gasteiger partial charge in [0, 0.05) is 12.6 Å². The van der Waals surface area contributed by atoms with Gasteiger partial charge in [0.1, 0.15) is 0 Å². The second-order valence-corrected chi connectivity index (χ2v) is 5.89. The molecule has 0 amide bonds. The molecule has 1 fully saturated rings. The summed E-state index contributed by atoms with van der Waals surface area (Å²) in [7, 11) is 1.44. The van der Waals surface area contributed by atoms with E-state index in [9.17, 15) is 4.79 Å². The highest BCUT2D eigenvalue weighted by Gasteiger charge is 2.31. The van der Waals surface area contributed by atoms with Gasteiger partial charge in [0.25, 0.3) is 0 Å². The molecule has 0 radical (unpaired) electrons. The Morgan fingerprint density at radius 3 is 2.69 bits per heavy atom. The maximum absolute atomic E-state index is 11.0. The fraction of sp³-hybridized carbons (Fsp3) is 0.923. The molecule has 0 saturated heterocycles. The van der Waals surface area contributed by atoms with Crippen LogP contribution in [-0.4, -0.2) is 25.7 Å². The molecule has 0 spiro atoms. The lowest BCUT2D eigenvalue weighted by Gasteiger charge is -2.39. The van der Waals surface area contributed by atoms with E-state index in [0.717, 1.165) is 12.5 Å². The van der Waals surface area contributed by atoms with E-state index in [1.165, 1.54) is 26.4 Å². The number of rotatable bonds is 4. The fourth-order valence-electron chi connectivity index (χ4n) is 2.98. The van der Waals surface area contributed by atoms with Crippen LogP contribution >= 0.6 is 0 Å². The first-order valence-corrected chi connectivity index (χ1v) is 6.23. The van der Waals surface area contributed by atoms with Gasteiger partial charge in [0.05, 0.1) is 13.5 Å². The zero-order valence-electron chi connectivity index (χ0n) is 11.0. The molecule has 3 nitrogen and oxygen atoms in total. The van der Waals surface area contributed by atoms with Crippen molar-refractivity contribution < 1.29 is 9.53 Å². The van der Waals surface area contributed by atoms with Crippen LogP contribution in [0.15, 0.2) is 0 Å². The number of carbonyl (C=O) groups is 1. The molecule has 0 bridgehead atoms. The minimum absolute atomic E-state index is 0.129. The smallest absolute Gasteiger partial charge is 0.306 e. The second kappa shape index (κ2) is 5.67. The highest BCUT2D eigenvalue weighted by Crippen LogP contribution is 2.38. The van der Waals surface area contributed by atoms with E-state index in [1.54, 1.807) is 0 Å². The van der Waals surface area contributed by atoms with Crippen molar-refractivity contribution in [3.63, 3.8) is 0 Å². The van der Waals surface area contributed by atoms with Crippen LogP contribution in [0.4, 0.5) is 0 Å². The summed E-state index contributed by atoms with van der Waals surface area (Å²) in [5.41, 5.74) is 0.431. The van der Waals surface area contributed by atoms with E-state index in [1.807, 2.05) is 0 Å². The molecule has 1 aliphatic rings. The first kappa shape index (κ1) is 13.5. The van der Waals surface area contributed by atoms with Gasteiger partial charge >= 0.3 is 5.97 Å². The molecule has 0 aliphatic heterocycles. The van der Waals surface area contributed by atoms with E-state index < -0.39 is 0 Å². The second-order valence-electron chi connectivity index (χ2n) is 5.89. The number of carbonyl (C=O) groups excluding carboxylic acids is 1. The molecule has 1 saturated carbocycles. The minimum Gasteiger partial charge on any atom is -0.469 e.